The Labute approximate surface area is 149 Å². The first-order chi connectivity index (χ1) is 11.8. The van der Waals surface area contributed by atoms with Crippen LogP contribution in [0.4, 0.5) is 4.79 Å². The first-order valence-corrected chi connectivity index (χ1v) is 10.3. The summed E-state index contributed by atoms with van der Waals surface area (Å²) in [7, 11) is 0. The number of rotatable bonds is 5. The van der Waals surface area contributed by atoms with E-state index in [1.807, 2.05) is 31.2 Å². The van der Waals surface area contributed by atoms with Gasteiger partial charge < -0.3 is 0 Å². The second-order valence-corrected chi connectivity index (χ2v) is 7.97. The predicted octanol–water partition coefficient (Wildman–Crippen LogP) is 2.91. The number of amides is 1. The Bertz CT molecular complexity index is 651. The summed E-state index contributed by atoms with van der Waals surface area (Å²) >= 11 is 0.337. The van der Waals surface area contributed by atoms with Gasteiger partial charge >= 0.3 is 149 Å². The van der Waals surface area contributed by atoms with Gasteiger partial charge in [0.15, 0.2) is 0 Å². The number of carbonyl (C=O) groups is 1. The molecule has 1 aliphatic rings. The zero-order valence-electron chi connectivity index (χ0n) is 13.7. The third-order valence-electron chi connectivity index (χ3n) is 4.02. The van der Waals surface area contributed by atoms with Crippen LogP contribution in [0.2, 0.25) is 5.32 Å². The molecule has 1 fully saturated rings. The zero-order valence-corrected chi connectivity index (χ0v) is 15.4. The Morgan fingerprint density at radius 2 is 1.83 bits per heavy atom. The van der Waals surface area contributed by atoms with Gasteiger partial charge in [0.2, 0.25) is 0 Å². The van der Waals surface area contributed by atoms with Crippen molar-refractivity contribution in [3.63, 3.8) is 0 Å². The van der Waals surface area contributed by atoms with Crippen molar-refractivity contribution in [3.05, 3.63) is 66.2 Å². The van der Waals surface area contributed by atoms with Gasteiger partial charge in [-0.1, -0.05) is 0 Å². The van der Waals surface area contributed by atoms with Crippen LogP contribution in [0.25, 0.3) is 0 Å². The molecule has 1 saturated heterocycles. The first kappa shape index (κ1) is 17.0. The van der Waals surface area contributed by atoms with Crippen molar-refractivity contribution in [2.45, 2.75) is 30.7 Å². The van der Waals surface area contributed by atoms with E-state index in [1.54, 1.807) is 5.01 Å². The van der Waals surface area contributed by atoms with Gasteiger partial charge in [0.05, 0.1) is 0 Å². The molecule has 1 amide bonds. The minimum absolute atomic E-state index is 0.159. The van der Waals surface area contributed by atoms with Crippen molar-refractivity contribution in [1.29, 1.82) is 0 Å². The monoisotopic (exact) mass is 390 g/mol. The van der Waals surface area contributed by atoms with Crippen molar-refractivity contribution in [2.75, 3.05) is 6.61 Å². The molecule has 0 saturated carbocycles. The Hall–Kier alpha value is -1.81. The van der Waals surface area contributed by atoms with Crippen LogP contribution in [-0.2, 0) is 4.74 Å². The van der Waals surface area contributed by atoms with Gasteiger partial charge in [-0.2, -0.15) is 0 Å². The van der Waals surface area contributed by atoms with Crippen LogP contribution in [0, 0.1) is 0 Å². The van der Waals surface area contributed by atoms with E-state index in [-0.39, 0.29) is 18.2 Å². The summed E-state index contributed by atoms with van der Waals surface area (Å²) in [6, 6.07) is 21.1. The topological polar surface area (TPSA) is 41.6 Å². The standard InChI is InChI=1S/C19H22N2O2Se/c1-2-23-19(22)21-16(14-24-17-11-7-4-8-12-17)13-18(20-21)15-9-5-3-6-10-15/h3-12,16,18,20H,2,13-14H2,1H3. The molecular formula is C19H22N2O2Se. The van der Waals surface area contributed by atoms with E-state index >= 15 is 0 Å². The van der Waals surface area contributed by atoms with Crippen LogP contribution in [0.5, 0.6) is 0 Å². The van der Waals surface area contributed by atoms with E-state index < -0.39 is 0 Å². The molecule has 1 heterocycles. The molecule has 4 nitrogen and oxygen atoms in total. The summed E-state index contributed by atoms with van der Waals surface area (Å²) in [5, 5.41) is 2.68. The van der Waals surface area contributed by atoms with Gasteiger partial charge in [0.1, 0.15) is 0 Å². The molecule has 2 unspecified atom stereocenters. The average Bonchev–Trinajstić information content (AvgIpc) is 3.06. The molecule has 2 aromatic carbocycles. The van der Waals surface area contributed by atoms with Gasteiger partial charge in [0.25, 0.3) is 0 Å². The third kappa shape index (κ3) is 4.18. The van der Waals surface area contributed by atoms with Crippen LogP contribution >= 0.6 is 0 Å². The van der Waals surface area contributed by atoms with Gasteiger partial charge in [0, 0.05) is 0 Å². The van der Waals surface area contributed by atoms with Crippen LogP contribution < -0.4 is 9.89 Å². The maximum absolute atomic E-state index is 12.3. The van der Waals surface area contributed by atoms with E-state index in [0.717, 1.165) is 11.7 Å². The molecule has 2 atom stereocenters. The number of nitrogens with zero attached hydrogens (tertiary/aromatic N) is 1. The van der Waals surface area contributed by atoms with Crippen LogP contribution in [0.15, 0.2) is 60.7 Å². The fourth-order valence-electron chi connectivity index (χ4n) is 2.85. The van der Waals surface area contributed by atoms with Gasteiger partial charge in [-0.05, 0) is 0 Å². The van der Waals surface area contributed by atoms with Crippen LogP contribution in [-0.4, -0.2) is 38.7 Å². The Kier molecular flexibility index (Phi) is 5.91. The maximum atomic E-state index is 12.3. The number of hydrogen-bond donors (Lipinski definition) is 1. The zero-order chi connectivity index (χ0) is 16.8. The molecular weight excluding hydrogens is 367 g/mol. The average molecular weight is 389 g/mol. The van der Waals surface area contributed by atoms with E-state index in [2.05, 4.69) is 41.8 Å². The summed E-state index contributed by atoms with van der Waals surface area (Å²) in [5.41, 5.74) is 4.56. The molecule has 24 heavy (non-hydrogen) atoms. The quantitative estimate of drug-likeness (QED) is 0.800. The molecule has 3 rings (SSSR count). The van der Waals surface area contributed by atoms with Gasteiger partial charge in [-0.3, -0.25) is 0 Å². The third-order valence-corrected chi connectivity index (χ3v) is 6.45. The van der Waals surface area contributed by atoms with Crippen molar-refractivity contribution in [3.8, 4) is 0 Å². The fourth-order valence-corrected chi connectivity index (χ4v) is 4.99. The summed E-state index contributed by atoms with van der Waals surface area (Å²) in [6.45, 7) is 2.23. The second kappa shape index (κ2) is 8.34. The molecule has 0 radical (unpaired) electrons. The number of nitrogens with one attached hydrogen (secondary N) is 1. The molecule has 0 aromatic heterocycles. The SMILES string of the molecule is CCOC(=O)N1NC(c2ccccc2)CC1C[Se]c1ccccc1. The van der Waals surface area contributed by atoms with Crippen molar-refractivity contribution in [2.24, 2.45) is 0 Å². The van der Waals surface area contributed by atoms with Gasteiger partial charge in [-0.25, -0.2) is 0 Å². The normalized spacial score (nSPS) is 20.1. The van der Waals surface area contributed by atoms with E-state index in [0.29, 0.717) is 21.6 Å². The molecule has 126 valence electrons. The number of ether oxygens (including phenoxy) is 1. The Balaban J connectivity index is 1.70. The van der Waals surface area contributed by atoms with Crippen molar-refractivity contribution >= 4 is 25.5 Å². The van der Waals surface area contributed by atoms with Crippen LogP contribution in [0.1, 0.15) is 24.9 Å². The molecule has 0 bridgehead atoms. The van der Waals surface area contributed by atoms with E-state index in [4.69, 9.17) is 4.74 Å². The van der Waals surface area contributed by atoms with Crippen LogP contribution in [0.3, 0.4) is 0 Å². The number of carbonyl (C=O) groups excluding carboxylic acids is 1. The number of benzene rings is 2. The molecule has 1 N–H and O–H groups in total. The molecule has 5 heteroatoms. The minimum atomic E-state index is -0.273. The number of hydrazine groups is 1. The van der Waals surface area contributed by atoms with E-state index in [1.165, 1.54) is 10.0 Å². The Morgan fingerprint density at radius 1 is 1.17 bits per heavy atom. The summed E-state index contributed by atoms with van der Waals surface area (Å²) in [5.74, 6) is 0. The molecule has 0 aliphatic carbocycles. The molecule has 1 aliphatic heterocycles. The summed E-state index contributed by atoms with van der Waals surface area (Å²) in [4.78, 5) is 12.3. The second-order valence-electron chi connectivity index (χ2n) is 5.67. The molecule has 2 aromatic rings. The van der Waals surface area contributed by atoms with Gasteiger partial charge in [-0.15, -0.1) is 0 Å². The number of hydrogen-bond acceptors (Lipinski definition) is 3. The predicted molar refractivity (Wildman–Crippen MR) is 96.2 cm³/mol. The Morgan fingerprint density at radius 3 is 2.50 bits per heavy atom. The summed E-state index contributed by atoms with van der Waals surface area (Å²) in [6.07, 6.45) is 0.641. The fraction of sp³-hybridized carbons (Fsp3) is 0.316. The van der Waals surface area contributed by atoms with Crippen molar-refractivity contribution in [1.82, 2.24) is 10.4 Å². The van der Waals surface area contributed by atoms with E-state index in [9.17, 15) is 4.79 Å². The van der Waals surface area contributed by atoms with Crippen molar-refractivity contribution < 1.29 is 9.53 Å². The first-order valence-electron chi connectivity index (χ1n) is 8.23. The summed E-state index contributed by atoms with van der Waals surface area (Å²) < 4.78 is 6.58. The molecule has 0 spiro atoms.